The van der Waals surface area contributed by atoms with Crippen molar-refractivity contribution in [3.8, 4) is 17.2 Å². The Morgan fingerprint density at radius 1 is 1.05 bits per heavy atom. The Kier molecular flexibility index (Phi) is 7.69. The van der Waals surface area contributed by atoms with Crippen molar-refractivity contribution in [2.24, 2.45) is 0 Å². The molecule has 5 rings (SSSR count). The topological polar surface area (TPSA) is 99.5 Å². The first-order chi connectivity index (χ1) is 19.0. The fourth-order valence-electron chi connectivity index (χ4n) is 4.48. The van der Waals surface area contributed by atoms with Gasteiger partial charge in [0.15, 0.2) is 11.5 Å². The van der Waals surface area contributed by atoms with Crippen molar-refractivity contribution in [2.75, 3.05) is 24.4 Å². The summed E-state index contributed by atoms with van der Waals surface area (Å²) in [5, 5.41) is 11.2. The first-order valence-electron chi connectivity index (χ1n) is 12.4. The number of para-hydroxylation sites is 2. The van der Waals surface area contributed by atoms with Gasteiger partial charge in [0.1, 0.15) is 24.7 Å². The Morgan fingerprint density at radius 3 is 2.64 bits per heavy atom. The molecular formula is C29H28ClN5O4. The molecule has 1 atom stereocenters. The molecule has 0 radical (unpaired) electrons. The molecule has 39 heavy (non-hydrogen) atoms. The summed E-state index contributed by atoms with van der Waals surface area (Å²) in [5.74, 6) is 1.89. The van der Waals surface area contributed by atoms with Crippen LogP contribution in [0.2, 0.25) is 5.02 Å². The lowest BCUT2D eigenvalue weighted by atomic mass is 9.94. The molecule has 4 aromatic rings. The highest BCUT2D eigenvalue weighted by Gasteiger charge is 2.34. The molecule has 2 heterocycles. The van der Waals surface area contributed by atoms with E-state index in [4.69, 9.17) is 25.8 Å². The molecule has 1 unspecified atom stereocenters. The number of hydrogen-bond acceptors (Lipinski definition) is 7. The number of aromatic nitrogens is 3. The molecule has 1 aliphatic heterocycles. The number of amides is 1. The Morgan fingerprint density at radius 2 is 1.85 bits per heavy atom. The summed E-state index contributed by atoms with van der Waals surface area (Å²) in [5.41, 5.74) is 3.35. The van der Waals surface area contributed by atoms with Crippen LogP contribution in [0.15, 0.2) is 84.3 Å². The molecular weight excluding hydrogens is 518 g/mol. The number of nitrogens with zero attached hydrogens (tertiary/aromatic N) is 3. The summed E-state index contributed by atoms with van der Waals surface area (Å²) in [4.78, 5) is 18.1. The standard InChI is InChI=1S/C29H28ClN5O4/c1-4-38-23-12-8-7-11-22(23)34-28(36)26-18(2)33-29-31-17-32-35(29)27(26)19-13-14-24(25(15-19)37-3)39-16-20-9-5-6-10-21(20)30/h5-15,17,27H,4,16H2,1-3H3,(H,34,36)(H,31,32,33). The summed E-state index contributed by atoms with van der Waals surface area (Å²) in [6.07, 6.45) is 1.45. The van der Waals surface area contributed by atoms with Gasteiger partial charge in [-0.05, 0) is 49.7 Å². The minimum atomic E-state index is -0.575. The smallest absolute Gasteiger partial charge is 0.255 e. The van der Waals surface area contributed by atoms with Crippen LogP contribution in [0.25, 0.3) is 0 Å². The monoisotopic (exact) mass is 545 g/mol. The highest BCUT2D eigenvalue weighted by atomic mass is 35.5. The lowest BCUT2D eigenvalue weighted by Gasteiger charge is -2.29. The van der Waals surface area contributed by atoms with E-state index in [9.17, 15) is 4.79 Å². The van der Waals surface area contributed by atoms with Crippen molar-refractivity contribution < 1.29 is 19.0 Å². The van der Waals surface area contributed by atoms with E-state index >= 15 is 0 Å². The number of nitrogens with one attached hydrogen (secondary N) is 2. The van der Waals surface area contributed by atoms with E-state index in [2.05, 4.69) is 20.7 Å². The molecule has 0 saturated heterocycles. The number of carbonyl (C=O) groups is 1. The minimum absolute atomic E-state index is 0.280. The van der Waals surface area contributed by atoms with Crippen LogP contribution >= 0.6 is 11.6 Å². The second-order valence-corrected chi connectivity index (χ2v) is 9.18. The maximum atomic E-state index is 13.8. The average Bonchev–Trinajstić information content (AvgIpc) is 3.41. The highest BCUT2D eigenvalue weighted by molar-refractivity contribution is 6.31. The number of rotatable bonds is 9. The molecule has 0 fully saturated rings. The van der Waals surface area contributed by atoms with Crippen LogP contribution in [0, 0.1) is 0 Å². The predicted molar refractivity (Wildman–Crippen MR) is 150 cm³/mol. The van der Waals surface area contributed by atoms with Crippen LogP contribution in [0.3, 0.4) is 0 Å². The van der Waals surface area contributed by atoms with Crippen LogP contribution in [-0.2, 0) is 11.4 Å². The number of methoxy groups -OCH3 is 1. The van der Waals surface area contributed by atoms with Gasteiger partial charge >= 0.3 is 0 Å². The van der Waals surface area contributed by atoms with E-state index in [0.29, 0.717) is 51.8 Å². The first-order valence-corrected chi connectivity index (χ1v) is 12.8. The lowest BCUT2D eigenvalue weighted by Crippen LogP contribution is -2.31. The number of carbonyl (C=O) groups excluding carboxylic acids is 1. The van der Waals surface area contributed by atoms with Crippen molar-refractivity contribution in [1.29, 1.82) is 0 Å². The van der Waals surface area contributed by atoms with E-state index in [1.807, 2.05) is 74.5 Å². The number of fused-ring (bicyclic) bond motifs is 1. The van der Waals surface area contributed by atoms with Crippen LogP contribution in [0.5, 0.6) is 17.2 Å². The van der Waals surface area contributed by atoms with E-state index in [-0.39, 0.29) is 12.5 Å². The number of allylic oxidation sites excluding steroid dienone is 1. The molecule has 3 aromatic carbocycles. The third-order valence-electron chi connectivity index (χ3n) is 6.32. The maximum absolute atomic E-state index is 13.8. The quantitative estimate of drug-likeness (QED) is 0.272. The van der Waals surface area contributed by atoms with Gasteiger partial charge in [-0.15, -0.1) is 0 Å². The van der Waals surface area contributed by atoms with Crippen LogP contribution in [0.1, 0.15) is 31.0 Å². The van der Waals surface area contributed by atoms with Gasteiger partial charge in [-0.3, -0.25) is 4.79 Å². The fraction of sp³-hybridized carbons (Fsp3) is 0.207. The van der Waals surface area contributed by atoms with Gasteiger partial charge < -0.3 is 24.8 Å². The number of benzene rings is 3. The molecule has 10 heteroatoms. The van der Waals surface area contributed by atoms with Crippen molar-refractivity contribution in [3.63, 3.8) is 0 Å². The third-order valence-corrected chi connectivity index (χ3v) is 6.69. The second kappa shape index (κ2) is 11.5. The van der Waals surface area contributed by atoms with Gasteiger partial charge in [0.25, 0.3) is 5.91 Å². The third kappa shape index (κ3) is 5.39. The summed E-state index contributed by atoms with van der Waals surface area (Å²) in [7, 11) is 1.57. The fourth-order valence-corrected chi connectivity index (χ4v) is 4.67. The number of halogens is 1. The summed E-state index contributed by atoms with van der Waals surface area (Å²) in [6, 6.07) is 19.8. The first kappa shape index (κ1) is 26.1. The minimum Gasteiger partial charge on any atom is -0.493 e. The summed E-state index contributed by atoms with van der Waals surface area (Å²) < 4.78 is 19.1. The van der Waals surface area contributed by atoms with Crippen LogP contribution in [0.4, 0.5) is 11.6 Å². The van der Waals surface area contributed by atoms with Crippen LogP contribution < -0.4 is 24.8 Å². The zero-order valence-electron chi connectivity index (χ0n) is 21.8. The van der Waals surface area contributed by atoms with Gasteiger partial charge in [-0.25, -0.2) is 4.68 Å². The normalized spacial score (nSPS) is 14.3. The molecule has 1 aromatic heterocycles. The summed E-state index contributed by atoms with van der Waals surface area (Å²) in [6.45, 7) is 4.49. The van der Waals surface area contributed by atoms with E-state index < -0.39 is 6.04 Å². The zero-order chi connectivity index (χ0) is 27.4. The molecule has 1 amide bonds. The van der Waals surface area contributed by atoms with Crippen molar-refractivity contribution in [1.82, 2.24) is 14.8 Å². The number of ether oxygens (including phenoxy) is 3. The Balaban J connectivity index is 1.48. The molecule has 0 saturated carbocycles. The van der Waals surface area contributed by atoms with Gasteiger partial charge in [0.2, 0.25) is 5.95 Å². The van der Waals surface area contributed by atoms with Crippen molar-refractivity contribution in [3.05, 3.63) is 100 Å². The van der Waals surface area contributed by atoms with Gasteiger partial charge in [-0.1, -0.05) is 48.0 Å². The zero-order valence-corrected chi connectivity index (χ0v) is 22.5. The van der Waals surface area contributed by atoms with E-state index in [1.165, 1.54) is 6.33 Å². The largest absolute Gasteiger partial charge is 0.493 e. The SMILES string of the molecule is CCOc1ccccc1NC(=O)C1=C(C)Nc2ncnn2C1c1ccc(OCc2ccccc2Cl)c(OC)c1. The Bertz CT molecular complexity index is 1530. The van der Waals surface area contributed by atoms with Gasteiger partial charge in [-0.2, -0.15) is 10.1 Å². The average molecular weight is 546 g/mol. The van der Waals surface area contributed by atoms with Crippen molar-refractivity contribution in [2.45, 2.75) is 26.5 Å². The maximum Gasteiger partial charge on any atom is 0.255 e. The Hall–Kier alpha value is -4.50. The van der Waals surface area contributed by atoms with E-state index in [1.54, 1.807) is 17.9 Å². The van der Waals surface area contributed by atoms with E-state index in [0.717, 1.165) is 11.1 Å². The lowest BCUT2D eigenvalue weighted by molar-refractivity contribution is -0.113. The predicted octanol–water partition coefficient (Wildman–Crippen LogP) is 5.85. The highest BCUT2D eigenvalue weighted by Crippen LogP contribution is 2.39. The number of anilines is 2. The second-order valence-electron chi connectivity index (χ2n) is 8.77. The number of hydrogen-bond donors (Lipinski definition) is 2. The molecule has 0 bridgehead atoms. The molecule has 9 nitrogen and oxygen atoms in total. The summed E-state index contributed by atoms with van der Waals surface area (Å²) >= 11 is 6.29. The molecule has 1 aliphatic rings. The van der Waals surface area contributed by atoms with Gasteiger partial charge in [0.05, 0.1) is 25.0 Å². The molecule has 0 spiro atoms. The Labute approximate surface area is 231 Å². The van der Waals surface area contributed by atoms with Crippen molar-refractivity contribution >= 4 is 29.1 Å². The van der Waals surface area contributed by atoms with Crippen LogP contribution in [-0.4, -0.2) is 34.4 Å². The molecule has 2 N–H and O–H groups in total. The van der Waals surface area contributed by atoms with Gasteiger partial charge in [0, 0.05) is 16.3 Å². The molecule has 200 valence electrons. The molecule has 0 aliphatic carbocycles.